The highest BCUT2D eigenvalue weighted by atomic mass is 35.5. The third kappa shape index (κ3) is 5.48. The summed E-state index contributed by atoms with van der Waals surface area (Å²) >= 11 is 12.1. The molecule has 3 rings (SSSR count). The molecule has 1 aromatic carbocycles. The van der Waals surface area contributed by atoms with Gasteiger partial charge in [0, 0.05) is 35.9 Å². The minimum absolute atomic E-state index is 0.240. The first-order valence-corrected chi connectivity index (χ1v) is 9.55. The second kappa shape index (κ2) is 9.26. The van der Waals surface area contributed by atoms with E-state index in [1.165, 1.54) is 0 Å². The fourth-order valence-electron chi connectivity index (χ4n) is 2.90. The molecule has 1 aliphatic heterocycles. The molecule has 6 nitrogen and oxygen atoms in total. The number of morpholine rings is 1. The summed E-state index contributed by atoms with van der Waals surface area (Å²) in [5.41, 5.74) is 1.80. The van der Waals surface area contributed by atoms with Crippen LogP contribution in [-0.2, 0) is 11.3 Å². The van der Waals surface area contributed by atoms with Gasteiger partial charge in [0.25, 0.3) is 0 Å². The molecule has 1 atom stereocenters. The summed E-state index contributed by atoms with van der Waals surface area (Å²) in [6, 6.07) is 8.61. The molecule has 0 bridgehead atoms. The number of carbonyl (C=O) groups excluding carboxylic acids is 1. The average Bonchev–Trinajstić information content (AvgIpc) is 2.67. The maximum Gasteiger partial charge on any atom is 0.315 e. The van der Waals surface area contributed by atoms with Gasteiger partial charge in [0.2, 0.25) is 0 Å². The lowest BCUT2D eigenvalue weighted by molar-refractivity contribution is 0.122. The van der Waals surface area contributed by atoms with Gasteiger partial charge in [-0.2, -0.15) is 0 Å². The monoisotopic (exact) mass is 408 g/mol. The van der Waals surface area contributed by atoms with E-state index in [0.29, 0.717) is 29.8 Å². The molecule has 2 heterocycles. The van der Waals surface area contributed by atoms with Crippen molar-refractivity contribution in [1.29, 1.82) is 0 Å². The third-order valence-electron chi connectivity index (χ3n) is 4.37. The molecule has 2 aromatic rings. The predicted molar refractivity (Wildman–Crippen MR) is 108 cm³/mol. The number of amides is 2. The molecule has 2 amide bonds. The molecular weight excluding hydrogens is 387 g/mol. The fourth-order valence-corrected chi connectivity index (χ4v) is 3.47. The number of hydrogen-bond acceptors (Lipinski definition) is 4. The molecule has 1 unspecified atom stereocenters. The van der Waals surface area contributed by atoms with Gasteiger partial charge in [-0.25, -0.2) is 9.78 Å². The van der Waals surface area contributed by atoms with E-state index in [1.54, 1.807) is 18.3 Å². The zero-order valence-corrected chi connectivity index (χ0v) is 16.6. The molecule has 1 saturated heterocycles. The number of halogens is 2. The van der Waals surface area contributed by atoms with Crippen molar-refractivity contribution in [3.63, 3.8) is 0 Å². The zero-order valence-electron chi connectivity index (χ0n) is 15.0. The number of hydrogen-bond donors (Lipinski definition) is 2. The molecule has 1 aromatic heterocycles. The van der Waals surface area contributed by atoms with Crippen molar-refractivity contribution in [1.82, 2.24) is 15.6 Å². The van der Waals surface area contributed by atoms with Crippen molar-refractivity contribution >= 4 is 35.1 Å². The molecule has 144 valence electrons. The van der Waals surface area contributed by atoms with Crippen molar-refractivity contribution in [2.75, 3.05) is 31.2 Å². The van der Waals surface area contributed by atoms with Crippen LogP contribution in [0.3, 0.4) is 0 Å². The van der Waals surface area contributed by atoms with Crippen LogP contribution in [0.5, 0.6) is 0 Å². The summed E-state index contributed by atoms with van der Waals surface area (Å²) in [6.45, 7) is 5.34. The maximum atomic E-state index is 12.2. The molecule has 27 heavy (non-hydrogen) atoms. The van der Waals surface area contributed by atoms with Crippen molar-refractivity contribution in [3.8, 4) is 0 Å². The number of carbonyl (C=O) groups is 1. The fraction of sp³-hybridized carbons (Fsp3) is 0.368. The van der Waals surface area contributed by atoms with Gasteiger partial charge in [-0.15, -0.1) is 0 Å². The topological polar surface area (TPSA) is 66.5 Å². The van der Waals surface area contributed by atoms with Gasteiger partial charge in [0.05, 0.1) is 19.3 Å². The van der Waals surface area contributed by atoms with E-state index in [9.17, 15) is 4.79 Å². The van der Waals surface area contributed by atoms with Gasteiger partial charge < -0.3 is 20.3 Å². The lowest BCUT2D eigenvalue weighted by Crippen LogP contribution is -2.37. The Hall–Kier alpha value is -2.02. The van der Waals surface area contributed by atoms with Gasteiger partial charge in [0.15, 0.2) is 0 Å². The van der Waals surface area contributed by atoms with Crippen LogP contribution in [0.4, 0.5) is 10.6 Å². The second-order valence-electron chi connectivity index (χ2n) is 6.34. The van der Waals surface area contributed by atoms with E-state index in [1.807, 2.05) is 25.1 Å². The van der Waals surface area contributed by atoms with E-state index in [0.717, 1.165) is 30.0 Å². The molecule has 0 radical (unpaired) electrons. The van der Waals surface area contributed by atoms with Crippen LogP contribution < -0.4 is 15.5 Å². The van der Waals surface area contributed by atoms with Crippen molar-refractivity contribution in [2.45, 2.75) is 19.5 Å². The lowest BCUT2D eigenvalue weighted by Gasteiger charge is -2.28. The Morgan fingerprint density at radius 2 is 2.04 bits per heavy atom. The average molecular weight is 409 g/mol. The standard InChI is InChI=1S/C19H22Cl2N4O2/c1-13(16-3-2-15(20)11-17(16)21)24-19(26)23-12-14-4-5-22-18(10-14)25-6-8-27-9-7-25/h2-5,10-11,13H,6-9,12H2,1H3,(H2,23,24,26). The summed E-state index contributed by atoms with van der Waals surface area (Å²) in [7, 11) is 0. The van der Waals surface area contributed by atoms with Gasteiger partial charge >= 0.3 is 6.03 Å². The van der Waals surface area contributed by atoms with Gasteiger partial charge in [-0.1, -0.05) is 29.3 Å². The molecule has 8 heteroatoms. The Morgan fingerprint density at radius 3 is 2.78 bits per heavy atom. The van der Waals surface area contributed by atoms with Crippen molar-refractivity contribution in [3.05, 3.63) is 57.7 Å². The maximum absolute atomic E-state index is 12.2. The summed E-state index contributed by atoms with van der Waals surface area (Å²) in [4.78, 5) is 18.8. The van der Waals surface area contributed by atoms with Crippen molar-refractivity contribution in [2.24, 2.45) is 0 Å². The van der Waals surface area contributed by atoms with Crippen LogP contribution in [0.1, 0.15) is 24.1 Å². The number of rotatable bonds is 5. The van der Waals surface area contributed by atoms with E-state index in [2.05, 4.69) is 20.5 Å². The number of benzene rings is 1. The molecule has 1 fully saturated rings. The number of ether oxygens (including phenoxy) is 1. The Kier molecular flexibility index (Phi) is 6.77. The van der Waals surface area contributed by atoms with Crippen LogP contribution in [0.15, 0.2) is 36.5 Å². The summed E-state index contributed by atoms with van der Waals surface area (Å²) in [6.07, 6.45) is 1.76. The van der Waals surface area contributed by atoms with E-state index >= 15 is 0 Å². The van der Waals surface area contributed by atoms with Crippen LogP contribution in [0, 0.1) is 0 Å². The van der Waals surface area contributed by atoms with Gasteiger partial charge in [0.1, 0.15) is 5.82 Å². The Labute approximate surface area is 168 Å². The third-order valence-corrected chi connectivity index (χ3v) is 4.94. The van der Waals surface area contributed by atoms with Gasteiger partial charge in [-0.05, 0) is 42.3 Å². The van der Waals surface area contributed by atoms with Crippen LogP contribution in [0.2, 0.25) is 10.0 Å². The van der Waals surface area contributed by atoms with E-state index in [4.69, 9.17) is 27.9 Å². The summed E-state index contributed by atoms with van der Waals surface area (Å²) < 4.78 is 5.37. The minimum Gasteiger partial charge on any atom is -0.378 e. The van der Waals surface area contributed by atoms with Gasteiger partial charge in [-0.3, -0.25) is 0 Å². The largest absolute Gasteiger partial charge is 0.378 e. The smallest absolute Gasteiger partial charge is 0.315 e. The first-order valence-electron chi connectivity index (χ1n) is 8.80. The molecule has 1 aliphatic rings. The van der Waals surface area contributed by atoms with Crippen LogP contribution >= 0.6 is 23.2 Å². The molecule has 0 aliphatic carbocycles. The number of nitrogens with one attached hydrogen (secondary N) is 2. The normalized spacial score (nSPS) is 15.3. The molecule has 2 N–H and O–H groups in total. The van der Waals surface area contributed by atoms with Crippen LogP contribution in [0.25, 0.3) is 0 Å². The highest BCUT2D eigenvalue weighted by Crippen LogP contribution is 2.26. The van der Waals surface area contributed by atoms with E-state index < -0.39 is 0 Å². The number of nitrogens with zero attached hydrogens (tertiary/aromatic N) is 2. The highest BCUT2D eigenvalue weighted by Gasteiger charge is 2.14. The van der Waals surface area contributed by atoms with E-state index in [-0.39, 0.29) is 12.1 Å². The Bertz CT molecular complexity index is 797. The zero-order chi connectivity index (χ0) is 19.2. The number of pyridine rings is 1. The first-order chi connectivity index (χ1) is 13.0. The minimum atomic E-state index is -0.266. The Morgan fingerprint density at radius 1 is 1.26 bits per heavy atom. The molecule has 0 spiro atoms. The number of aromatic nitrogens is 1. The lowest BCUT2D eigenvalue weighted by atomic mass is 10.1. The number of urea groups is 1. The molecule has 0 saturated carbocycles. The molecular formula is C19H22Cl2N4O2. The quantitative estimate of drug-likeness (QED) is 0.789. The first kappa shape index (κ1) is 19.7. The summed E-state index contributed by atoms with van der Waals surface area (Å²) in [5.74, 6) is 0.902. The van der Waals surface area contributed by atoms with Crippen molar-refractivity contribution < 1.29 is 9.53 Å². The summed E-state index contributed by atoms with van der Waals surface area (Å²) in [5, 5.41) is 6.85. The predicted octanol–water partition coefficient (Wildman–Crippen LogP) is 3.79. The number of anilines is 1. The highest BCUT2D eigenvalue weighted by molar-refractivity contribution is 6.35. The van der Waals surface area contributed by atoms with Crippen LogP contribution in [-0.4, -0.2) is 37.3 Å². The second-order valence-corrected chi connectivity index (χ2v) is 7.18. The Balaban J connectivity index is 1.54. The SMILES string of the molecule is CC(NC(=O)NCc1ccnc(N2CCOCC2)c1)c1ccc(Cl)cc1Cl.